The monoisotopic (exact) mass is 331 g/mol. The molecule has 0 aliphatic heterocycles. The average Bonchev–Trinajstić information content (AvgIpc) is 2.66. The van der Waals surface area contributed by atoms with Gasteiger partial charge in [-0.05, 0) is 22.0 Å². The summed E-state index contributed by atoms with van der Waals surface area (Å²) in [6, 6.07) is 2.92. The van der Waals surface area contributed by atoms with E-state index < -0.39 is 10.0 Å². The molecule has 0 bridgehead atoms. The standard InChI is InChI=1S/C9H10BrN5O2S/c1-15-3-2-8(13-15)14-18(16,17)7-4-6(10)5-12-9(7)11/h2-5H,1H3,(H2,11,12)(H,13,14). The molecule has 0 saturated carbocycles. The van der Waals surface area contributed by atoms with Gasteiger partial charge in [0.15, 0.2) is 5.82 Å². The zero-order valence-corrected chi connectivity index (χ0v) is 11.7. The molecule has 0 fully saturated rings. The summed E-state index contributed by atoms with van der Waals surface area (Å²) in [6.45, 7) is 0. The van der Waals surface area contributed by atoms with Crippen molar-refractivity contribution in [2.24, 2.45) is 7.05 Å². The Balaban J connectivity index is 2.39. The van der Waals surface area contributed by atoms with Crippen molar-refractivity contribution in [1.29, 1.82) is 0 Å². The van der Waals surface area contributed by atoms with Crippen molar-refractivity contribution in [1.82, 2.24) is 14.8 Å². The van der Waals surface area contributed by atoms with Gasteiger partial charge >= 0.3 is 0 Å². The molecule has 96 valence electrons. The highest BCUT2D eigenvalue weighted by Crippen LogP contribution is 2.22. The smallest absolute Gasteiger partial charge is 0.266 e. The number of aromatic nitrogens is 3. The average molecular weight is 332 g/mol. The number of hydrogen-bond donors (Lipinski definition) is 2. The molecule has 0 unspecified atom stereocenters. The number of halogens is 1. The van der Waals surface area contributed by atoms with Crippen LogP contribution in [0.15, 0.2) is 33.9 Å². The van der Waals surface area contributed by atoms with Crippen molar-refractivity contribution in [2.45, 2.75) is 4.90 Å². The Labute approximate surface area is 112 Å². The molecule has 0 radical (unpaired) electrons. The lowest BCUT2D eigenvalue weighted by Gasteiger charge is -2.07. The summed E-state index contributed by atoms with van der Waals surface area (Å²) in [4.78, 5) is 3.68. The maximum absolute atomic E-state index is 12.1. The highest BCUT2D eigenvalue weighted by Gasteiger charge is 2.19. The summed E-state index contributed by atoms with van der Waals surface area (Å²) >= 11 is 3.15. The van der Waals surface area contributed by atoms with E-state index in [2.05, 4.69) is 30.7 Å². The van der Waals surface area contributed by atoms with Crippen molar-refractivity contribution < 1.29 is 8.42 Å². The van der Waals surface area contributed by atoms with Gasteiger partial charge in [-0.15, -0.1) is 0 Å². The van der Waals surface area contributed by atoms with Gasteiger partial charge in [0.1, 0.15) is 10.7 Å². The van der Waals surface area contributed by atoms with Gasteiger partial charge in [-0.3, -0.25) is 9.40 Å². The number of nitrogens with two attached hydrogens (primary N) is 1. The van der Waals surface area contributed by atoms with E-state index in [9.17, 15) is 8.42 Å². The molecule has 18 heavy (non-hydrogen) atoms. The second kappa shape index (κ2) is 4.58. The highest BCUT2D eigenvalue weighted by molar-refractivity contribution is 9.10. The van der Waals surface area contributed by atoms with E-state index in [1.807, 2.05) is 0 Å². The molecule has 0 atom stereocenters. The van der Waals surface area contributed by atoms with Crippen LogP contribution in [-0.4, -0.2) is 23.2 Å². The van der Waals surface area contributed by atoms with Crippen LogP contribution in [0.1, 0.15) is 0 Å². The third kappa shape index (κ3) is 2.62. The number of sulfonamides is 1. The summed E-state index contributed by atoms with van der Waals surface area (Å²) in [5, 5.41) is 3.93. The molecule has 2 heterocycles. The van der Waals surface area contributed by atoms with E-state index >= 15 is 0 Å². The second-order valence-electron chi connectivity index (χ2n) is 3.52. The topological polar surface area (TPSA) is 103 Å². The predicted octanol–water partition coefficient (Wildman–Crippen LogP) is 0.961. The van der Waals surface area contributed by atoms with Crippen molar-refractivity contribution in [3.8, 4) is 0 Å². The zero-order valence-electron chi connectivity index (χ0n) is 9.33. The van der Waals surface area contributed by atoms with E-state index in [4.69, 9.17) is 5.73 Å². The minimum Gasteiger partial charge on any atom is -0.383 e. The van der Waals surface area contributed by atoms with Gasteiger partial charge in [0.05, 0.1) is 0 Å². The normalized spacial score (nSPS) is 11.4. The molecule has 9 heteroatoms. The Kier molecular flexibility index (Phi) is 3.26. The van der Waals surface area contributed by atoms with Crippen molar-refractivity contribution >= 4 is 37.6 Å². The largest absolute Gasteiger partial charge is 0.383 e. The molecule has 0 aliphatic carbocycles. The lowest BCUT2D eigenvalue weighted by molar-refractivity contribution is 0.601. The van der Waals surface area contributed by atoms with Crippen LogP contribution in [0, 0.1) is 0 Å². The van der Waals surface area contributed by atoms with Gasteiger partial charge in [-0.2, -0.15) is 5.10 Å². The third-order valence-electron chi connectivity index (χ3n) is 2.09. The van der Waals surface area contributed by atoms with Crippen molar-refractivity contribution in [3.05, 3.63) is 29.0 Å². The minimum absolute atomic E-state index is 0.0679. The third-order valence-corrected chi connectivity index (χ3v) is 3.91. The number of rotatable bonds is 3. The fourth-order valence-electron chi connectivity index (χ4n) is 1.31. The van der Waals surface area contributed by atoms with E-state index in [1.165, 1.54) is 16.9 Å². The first kappa shape index (κ1) is 12.8. The van der Waals surface area contributed by atoms with E-state index in [-0.39, 0.29) is 16.5 Å². The van der Waals surface area contributed by atoms with Gasteiger partial charge in [0.2, 0.25) is 0 Å². The number of nitrogens with one attached hydrogen (secondary N) is 1. The molecular weight excluding hydrogens is 322 g/mol. The number of aryl methyl sites for hydroxylation is 1. The Morgan fingerprint density at radius 2 is 2.22 bits per heavy atom. The molecule has 2 rings (SSSR count). The van der Waals surface area contributed by atoms with Crippen LogP contribution in [0.2, 0.25) is 0 Å². The van der Waals surface area contributed by atoms with Crippen LogP contribution in [0.4, 0.5) is 11.6 Å². The summed E-state index contributed by atoms with van der Waals surface area (Å²) < 4.78 is 28.5. The number of anilines is 2. The van der Waals surface area contributed by atoms with E-state index in [0.717, 1.165) is 0 Å². The molecule has 0 saturated heterocycles. The highest BCUT2D eigenvalue weighted by atomic mass is 79.9. The molecule has 2 aromatic rings. The van der Waals surface area contributed by atoms with E-state index in [0.29, 0.717) is 4.47 Å². The molecule has 7 nitrogen and oxygen atoms in total. The van der Waals surface area contributed by atoms with Crippen LogP contribution in [0.25, 0.3) is 0 Å². The Morgan fingerprint density at radius 3 is 2.83 bits per heavy atom. The number of hydrogen-bond acceptors (Lipinski definition) is 5. The van der Waals surface area contributed by atoms with Crippen molar-refractivity contribution in [2.75, 3.05) is 10.5 Å². The van der Waals surface area contributed by atoms with Crippen LogP contribution in [0.3, 0.4) is 0 Å². The minimum atomic E-state index is -3.80. The number of nitrogens with zero attached hydrogens (tertiary/aromatic N) is 3. The molecule has 0 aromatic carbocycles. The molecule has 0 aliphatic rings. The predicted molar refractivity (Wildman–Crippen MR) is 70.4 cm³/mol. The summed E-state index contributed by atoms with van der Waals surface area (Å²) in [6.07, 6.45) is 3.05. The van der Waals surface area contributed by atoms with E-state index in [1.54, 1.807) is 19.3 Å². The SMILES string of the molecule is Cn1ccc(NS(=O)(=O)c2cc(Br)cnc2N)n1. The lowest BCUT2D eigenvalue weighted by Crippen LogP contribution is -2.16. The Hall–Kier alpha value is -1.61. The maximum Gasteiger partial charge on any atom is 0.266 e. The van der Waals surface area contributed by atoms with Crippen molar-refractivity contribution in [3.63, 3.8) is 0 Å². The Morgan fingerprint density at radius 1 is 1.50 bits per heavy atom. The quantitative estimate of drug-likeness (QED) is 0.871. The lowest BCUT2D eigenvalue weighted by atomic mass is 10.5. The molecule has 0 spiro atoms. The first-order valence-electron chi connectivity index (χ1n) is 4.82. The summed E-state index contributed by atoms with van der Waals surface area (Å²) in [5.41, 5.74) is 5.56. The molecule has 3 N–H and O–H groups in total. The first-order valence-corrected chi connectivity index (χ1v) is 7.09. The molecule has 2 aromatic heterocycles. The molecule has 0 amide bonds. The number of pyridine rings is 1. The van der Waals surface area contributed by atoms with Crippen LogP contribution >= 0.6 is 15.9 Å². The molecular formula is C9H10BrN5O2S. The van der Waals surface area contributed by atoms with Gasteiger partial charge in [0.25, 0.3) is 10.0 Å². The van der Waals surface area contributed by atoms with Crippen LogP contribution < -0.4 is 10.5 Å². The summed E-state index contributed by atoms with van der Waals surface area (Å²) in [5.74, 6) is 0.151. The van der Waals surface area contributed by atoms with Gasteiger partial charge in [-0.1, -0.05) is 0 Å². The van der Waals surface area contributed by atoms with Crippen LogP contribution in [-0.2, 0) is 17.1 Å². The van der Waals surface area contributed by atoms with Gasteiger partial charge in [-0.25, -0.2) is 13.4 Å². The Bertz CT molecular complexity index is 682. The fourth-order valence-corrected chi connectivity index (χ4v) is 2.90. The fraction of sp³-hybridized carbons (Fsp3) is 0.111. The van der Waals surface area contributed by atoms with Crippen LogP contribution in [0.5, 0.6) is 0 Å². The number of nitrogen functional groups attached to an aromatic ring is 1. The summed E-state index contributed by atoms with van der Waals surface area (Å²) in [7, 11) is -2.11. The van der Waals surface area contributed by atoms with Gasteiger partial charge in [0, 0.05) is 30.0 Å². The second-order valence-corrected chi connectivity index (χ2v) is 6.08. The first-order chi connectivity index (χ1) is 8.38. The maximum atomic E-state index is 12.1. The van der Waals surface area contributed by atoms with Gasteiger partial charge < -0.3 is 5.73 Å². The zero-order chi connectivity index (χ0) is 13.3.